The molecular formula is C19H25N2NaO5S. The molecule has 1 unspecified atom stereocenters. The molecule has 1 N–H and O–H groups in total. The number of sulfonamides is 1. The largest absolute Gasteiger partial charge is 1.00 e. The van der Waals surface area contributed by atoms with E-state index in [-0.39, 0.29) is 54.9 Å². The summed E-state index contributed by atoms with van der Waals surface area (Å²) in [4.78, 5) is 23.4. The van der Waals surface area contributed by atoms with Crippen molar-refractivity contribution < 1.29 is 52.7 Å². The molecule has 7 nitrogen and oxygen atoms in total. The van der Waals surface area contributed by atoms with Crippen LogP contribution in [0, 0.1) is 5.41 Å². The summed E-state index contributed by atoms with van der Waals surface area (Å²) >= 11 is 0. The van der Waals surface area contributed by atoms with Crippen LogP contribution in [0.1, 0.15) is 44.9 Å². The van der Waals surface area contributed by atoms with Gasteiger partial charge in [0.05, 0.1) is 10.9 Å². The Morgan fingerprint density at radius 2 is 1.79 bits per heavy atom. The summed E-state index contributed by atoms with van der Waals surface area (Å²) in [6.07, 6.45) is 3.63. The second-order valence-electron chi connectivity index (χ2n) is 7.60. The van der Waals surface area contributed by atoms with E-state index in [0.29, 0.717) is 31.5 Å². The van der Waals surface area contributed by atoms with Gasteiger partial charge in [-0.25, -0.2) is 8.42 Å². The predicted molar refractivity (Wildman–Crippen MR) is 99.3 cm³/mol. The van der Waals surface area contributed by atoms with Crippen LogP contribution < -0.4 is 44.3 Å². The van der Waals surface area contributed by atoms with Crippen molar-refractivity contribution in [3.63, 3.8) is 0 Å². The third-order valence-electron chi connectivity index (χ3n) is 5.67. The number of nitrogens with zero attached hydrogens (tertiary/aromatic N) is 1. The van der Waals surface area contributed by atoms with Crippen LogP contribution in [0.3, 0.4) is 0 Å². The number of carboxylic acid groups (broad SMARTS) is 1. The molecule has 2 fully saturated rings. The number of benzene rings is 1. The normalized spacial score (nSPS) is 22.4. The maximum atomic E-state index is 12.7. The van der Waals surface area contributed by atoms with Crippen LogP contribution in [0.4, 0.5) is 5.69 Å². The zero-order valence-corrected chi connectivity index (χ0v) is 19.0. The number of para-hydroxylation sites is 1. The monoisotopic (exact) mass is 416 g/mol. The minimum Gasteiger partial charge on any atom is -0.550 e. The van der Waals surface area contributed by atoms with Gasteiger partial charge in [-0.2, -0.15) is 0 Å². The third kappa shape index (κ3) is 5.28. The Kier molecular flexibility index (Phi) is 7.96. The molecule has 0 bridgehead atoms. The molecule has 1 aromatic rings. The van der Waals surface area contributed by atoms with Gasteiger partial charge >= 0.3 is 29.6 Å². The zero-order chi connectivity index (χ0) is 19.5. The van der Waals surface area contributed by atoms with Gasteiger partial charge in [0.25, 0.3) is 0 Å². The fourth-order valence-corrected chi connectivity index (χ4v) is 6.11. The molecule has 0 radical (unpaired) electrons. The molecule has 1 atom stereocenters. The Hall–Kier alpha value is -1.09. The van der Waals surface area contributed by atoms with Gasteiger partial charge in [0.15, 0.2) is 0 Å². The fourth-order valence-electron chi connectivity index (χ4n) is 4.27. The molecule has 1 aromatic carbocycles. The molecule has 1 saturated heterocycles. The number of nitrogens with one attached hydrogen (secondary N) is 1. The first-order valence-electron chi connectivity index (χ1n) is 9.36. The van der Waals surface area contributed by atoms with Crippen molar-refractivity contribution in [1.82, 2.24) is 5.32 Å². The Morgan fingerprint density at radius 3 is 2.39 bits per heavy atom. The molecule has 148 valence electrons. The predicted octanol–water partition coefficient (Wildman–Crippen LogP) is -2.19. The maximum absolute atomic E-state index is 12.7. The molecule has 9 heteroatoms. The van der Waals surface area contributed by atoms with Crippen LogP contribution >= 0.6 is 0 Å². The van der Waals surface area contributed by atoms with E-state index in [1.807, 2.05) is 6.07 Å². The van der Waals surface area contributed by atoms with Crippen molar-refractivity contribution in [2.24, 2.45) is 5.41 Å². The fraction of sp³-hybridized carbons (Fsp3) is 0.579. The molecular weight excluding hydrogens is 391 g/mol. The quantitative estimate of drug-likeness (QED) is 0.508. The van der Waals surface area contributed by atoms with Gasteiger partial charge in [0.1, 0.15) is 0 Å². The number of aliphatic carboxylic acids is 1. The Bertz CT molecular complexity index is 794. The summed E-state index contributed by atoms with van der Waals surface area (Å²) in [5.41, 5.74) is 0.0817. The average molecular weight is 416 g/mol. The van der Waals surface area contributed by atoms with Gasteiger partial charge in [-0.1, -0.05) is 31.0 Å². The summed E-state index contributed by atoms with van der Waals surface area (Å²) in [6.45, 7) is 0.438. The second-order valence-corrected chi connectivity index (χ2v) is 9.74. The van der Waals surface area contributed by atoms with Gasteiger partial charge in [-0.3, -0.25) is 9.10 Å². The van der Waals surface area contributed by atoms with E-state index >= 15 is 0 Å². The van der Waals surface area contributed by atoms with Crippen molar-refractivity contribution in [3.05, 3.63) is 30.3 Å². The van der Waals surface area contributed by atoms with E-state index in [1.165, 1.54) is 4.31 Å². The van der Waals surface area contributed by atoms with Crippen molar-refractivity contribution in [3.8, 4) is 0 Å². The van der Waals surface area contributed by atoms with Gasteiger partial charge < -0.3 is 15.2 Å². The number of hydrogen-bond donors (Lipinski definition) is 1. The molecule has 1 aliphatic carbocycles. The van der Waals surface area contributed by atoms with E-state index < -0.39 is 26.7 Å². The van der Waals surface area contributed by atoms with Gasteiger partial charge in [0.2, 0.25) is 15.9 Å². The first-order chi connectivity index (χ1) is 12.8. The number of carbonyl (C=O) groups is 2. The van der Waals surface area contributed by atoms with E-state index in [9.17, 15) is 23.1 Å². The molecule has 0 aromatic heterocycles. The zero-order valence-electron chi connectivity index (χ0n) is 16.2. The van der Waals surface area contributed by atoms with Gasteiger partial charge in [0, 0.05) is 25.5 Å². The molecule has 0 spiro atoms. The Balaban J connectivity index is 0.00000280. The van der Waals surface area contributed by atoms with Crippen LogP contribution in [0.15, 0.2) is 30.3 Å². The minimum absolute atomic E-state index is 0. The first kappa shape index (κ1) is 23.2. The minimum atomic E-state index is -3.52. The maximum Gasteiger partial charge on any atom is 1.00 e. The average Bonchev–Trinajstić information content (AvgIpc) is 3.17. The number of hydrogen-bond acceptors (Lipinski definition) is 5. The second kappa shape index (κ2) is 9.61. The van der Waals surface area contributed by atoms with Crippen LogP contribution in [0.5, 0.6) is 0 Å². The van der Waals surface area contributed by atoms with Crippen LogP contribution in [0.2, 0.25) is 0 Å². The van der Waals surface area contributed by atoms with Crippen molar-refractivity contribution >= 4 is 27.6 Å². The summed E-state index contributed by atoms with van der Waals surface area (Å²) in [7, 11) is -3.52. The Morgan fingerprint density at radius 1 is 1.14 bits per heavy atom. The van der Waals surface area contributed by atoms with E-state index in [2.05, 4.69) is 5.32 Å². The topological polar surface area (TPSA) is 107 Å². The molecule has 1 heterocycles. The molecule has 2 aliphatic rings. The first-order valence-corrected chi connectivity index (χ1v) is 10.9. The van der Waals surface area contributed by atoms with E-state index in [0.717, 1.165) is 12.8 Å². The molecule has 1 amide bonds. The van der Waals surface area contributed by atoms with Crippen molar-refractivity contribution in [2.75, 3.05) is 17.4 Å². The molecule has 1 saturated carbocycles. The van der Waals surface area contributed by atoms with E-state index in [4.69, 9.17) is 0 Å². The molecule has 3 rings (SSSR count). The Labute approximate surface area is 188 Å². The van der Waals surface area contributed by atoms with Crippen LogP contribution in [0.25, 0.3) is 0 Å². The number of amides is 1. The third-order valence-corrected chi connectivity index (χ3v) is 7.93. The standard InChI is InChI=1S/C19H26N2O5S.Na/c22-17(12-19(13-18(23)24)9-4-5-10-19)20-14-16-8-11-21(27(16,25)26)15-6-2-1-3-7-15;/h1-3,6-7,16H,4-5,8-14H2,(H,20,22)(H,23,24);/q;+1/p-1. The SMILES string of the molecule is O=C([O-])CC1(CC(=O)NCC2CCN(c3ccccc3)S2(=O)=O)CCCC1.[Na+]. The van der Waals surface area contributed by atoms with Gasteiger partial charge in [-0.15, -0.1) is 0 Å². The van der Waals surface area contributed by atoms with Crippen molar-refractivity contribution in [1.29, 1.82) is 0 Å². The summed E-state index contributed by atoms with van der Waals surface area (Å²) in [6, 6.07) is 8.91. The van der Waals surface area contributed by atoms with Crippen LogP contribution in [-0.4, -0.2) is 38.6 Å². The van der Waals surface area contributed by atoms with Crippen LogP contribution in [-0.2, 0) is 19.6 Å². The van der Waals surface area contributed by atoms with Gasteiger partial charge in [-0.05, 0) is 43.2 Å². The number of anilines is 1. The molecule has 28 heavy (non-hydrogen) atoms. The summed E-state index contributed by atoms with van der Waals surface area (Å²) < 4.78 is 26.9. The van der Waals surface area contributed by atoms with E-state index in [1.54, 1.807) is 24.3 Å². The smallest absolute Gasteiger partial charge is 0.550 e. The summed E-state index contributed by atoms with van der Waals surface area (Å²) in [5.74, 6) is -1.42. The van der Waals surface area contributed by atoms with Crippen molar-refractivity contribution in [2.45, 2.75) is 50.2 Å². The summed E-state index contributed by atoms with van der Waals surface area (Å²) in [5, 5.41) is 13.1. The number of rotatable bonds is 7. The molecule has 1 aliphatic heterocycles. The number of carbonyl (C=O) groups excluding carboxylic acids is 2. The number of carboxylic acids is 1.